The van der Waals surface area contributed by atoms with Crippen LogP contribution in [0.25, 0.3) is 0 Å². The van der Waals surface area contributed by atoms with Crippen LogP contribution in [0.15, 0.2) is 0 Å². The van der Waals surface area contributed by atoms with Gasteiger partial charge in [0.1, 0.15) is 0 Å². The minimum Gasteiger partial charge on any atom is -0.377 e. The number of alkyl halides is 1. The molecule has 0 saturated carbocycles. The second-order valence-corrected chi connectivity index (χ2v) is 4.67. The highest BCUT2D eigenvalue weighted by atomic mass is 35.5. The lowest BCUT2D eigenvalue weighted by molar-refractivity contribution is 0.0170. The van der Waals surface area contributed by atoms with Gasteiger partial charge in [0.25, 0.3) is 0 Å². The lowest BCUT2D eigenvalue weighted by Crippen LogP contribution is -2.32. The van der Waals surface area contributed by atoms with Gasteiger partial charge in [-0.05, 0) is 38.6 Å². The van der Waals surface area contributed by atoms with Crippen molar-refractivity contribution in [2.75, 3.05) is 25.6 Å². The third-order valence-electron chi connectivity index (χ3n) is 2.88. The number of nitrogens with one attached hydrogen (secondary N) is 1. The van der Waals surface area contributed by atoms with E-state index in [-0.39, 0.29) is 0 Å². The number of unbranched alkanes of at least 4 members (excludes halogenated alkanes) is 3. The molecule has 1 fully saturated rings. The summed E-state index contributed by atoms with van der Waals surface area (Å²) in [5.41, 5.74) is 0. The first-order chi connectivity index (χ1) is 7.43. The summed E-state index contributed by atoms with van der Waals surface area (Å²) in [5, 5.41) is 3.47. The molecule has 1 unspecified atom stereocenters. The van der Waals surface area contributed by atoms with Gasteiger partial charge >= 0.3 is 0 Å². The van der Waals surface area contributed by atoms with E-state index in [9.17, 15) is 0 Å². The van der Waals surface area contributed by atoms with E-state index in [1.54, 1.807) is 0 Å². The number of rotatable bonds is 8. The quantitative estimate of drug-likeness (QED) is 0.514. The molecule has 0 aromatic rings. The molecule has 90 valence electrons. The van der Waals surface area contributed by atoms with Crippen molar-refractivity contribution in [2.45, 2.75) is 51.0 Å². The van der Waals surface area contributed by atoms with E-state index in [1.807, 2.05) is 0 Å². The monoisotopic (exact) mass is 233 g/mol. The topological polar surface area (TPSA) is 21.3 Å². The van der Waals surface area contributed by atoms with Crippen LogP contribution in [-0.2, 0) is 4.74 Å². The summed E-state index contributed by atoms with van der Waals surface area (Å²) in [6.07, 6.45) is 9.28. The van der Waals surface area contributed by atoms with Crippen molar-refractivity contribution < 1.29 is 4.74 Å². The van der Waals surface area contributed by atoms with E-state index in [0.717, 1.165) is 32.0 Å². The van der Waals surface area contributed by atoms with E-state index in [0.29, 0.717) is 6.10 Å². The summed E-state index contributed by atoms with van der Waals surface area (Å²) in [4.78, 5) is 0. The molecule has 0 bridgehead atoms. The molecule has 1 aliphatic heterocycles. The SMILES string of the molecule is ClCCCCCCNCC1CCCCO1. The fourth-order valence-corrected chi connectivity index (χ4v) is 2.12. The van der Waals surface area contributed by atoms with Gasteiger partial charge in [0.05, 0.1) is 6.10 Å². The molecular formula is C12H24ClNO. The predicted octanol–water partition coefficient (Wildman–Crippen LogP) is 2.94. The van der Waals surface area contributed by atoms with Gasteiger partial charge in [-0.3, -0.25) is 0 Å². The predicted molar refractivity (Wildman–Crippen MR) is 65.6 cm³/mol. The molecule has 0 radical (unpaired) electrons. The van der Waals surface area contributed by atoms with E-state index < -0.39 is 0 Å². The molecule has 0 aromatic heterocycles. The van der Waals surface area contributed by atoms with Crippen molar-refractivity contribution in [3.8, 4) is 0 Å². The first-order valence-electron chi connectivity index (χ1n) is 6.32. The lowest BCUT2D eigenvalue weighted by Gasteiger charge is -2.22. The second kappa shape index (κ2) is 9.44. The van der Waals surface area contributed by atoms with Gasteiger partial charge in [-0.25, -0.2) is 0 Å². The van der Waals surface area contributed by atoms with E-state index >= 15 is 0 Å². The number of hydrogen-bond acceptors (Lipinski definition) is 2. The van der Waals surface area contributed by atoms with Crippen molar-refractivity contribution in [1.82, 2.24) is 5.32 Å². The highest BCUT2D eigenvalue weighted by molar-refractivity contribution is 6.17. The summed E-state index contributed by atoms with van der Waals surface area (Å²) in [5.74, 6) is 0.809. The Morgan fingerprint density at radius 1 is 1.13 bits per heavy atom. The molecule has 1 N–H and O–H groups in total. The molecule has 0 amide bonds. The van der Waals surface area contributed by atoms with Crippen molar-refractivity contribution in [1.29, 1.82) is 0 Å². The van der Waals surface area contributed by atoms with Gasteiger partial charge < -0.3 is 10.1 Å². The zero-order chi connectivity index (χ0) is 10.8. The normalized spacial score (nSPS) is 21.8. The first kappa shape index (κ1) is 13.3. The van der Waals surface area contributed by atoms with Crippen LogP contribution < -0.4 is 5.32 Å². The first-order valence-corrected chi connectivity index (χ1v) is 6.85. The molecule has 15 heavy (non-hydrogen) atoms. The Morgan fingerprint density at radius 3 is 2.73 bits per heavy atom. The van der Waals surface area contributed by atoms with Crippen LogP contribution >= 0.6 is 11.6 Å². The zero-order valence-corrected chi connectivity index (χ0v) is 10.4. The van der Waals surface area contributed by atoms with Crippen LogP contribution in [-0.4, -0.2) is 31.7 Å². The minimum atomic E-state index is 0.474. The summed E-state index contributed by atoms with van der Waals surface area (Å²) >= 11 is 5.61. The highest BCUT2D eigenvalue weighted by Crippen LogP contribution is 2.11. The molecule has 1 aliphatic rings. The lowest BCUT2D eigenvalue weighted by atomic mass is 10.1. The summed E-state index contributed by atoms with van der Waals surface area (Å²) in [7, 11) is 0. The highest BCUT2D eigenvalue weighted by Gasteiger charge is 2.12. The third-order valence-corrected chi connectivity index (χ3v) is 3.15. The van der Waals surface area contributed by atoms with Crippen LogP contribution in [0.5, 0.6) is 0 Å². The molecule has 1 heterocycles. The van der Waals surface area contributed by atoms with Gasteiger partial charge in [-0.1, -0.05) is 12.8 Å². The Kier molecular flexibility index (Phi) is 8.35. The Labute approximate surface area is 98.7 Å². The second-order valence-electron chi connectivity index (χ2n) is 4.30. The molecule has 1 rings (SSSR count). The van der Waals surface area contributed by atoms with Crippen molar-refractivity contribution in [3.05, 3.63) is 0 Å². The molecule has 0 aromatic carbocycles. The van der Waals surface area contributed by atoms with Crippen LogP contribution in [0.2, 0.25) is 0 Å². The van der Waals surface area contributed by atoms with E-state index in [4.69, 9.17) is 16.3 Å². The average molecular weight is 234 g/mol. The zero-order valence-electron chi connectivity index (χ0n) is 9.64. The summed E-state index contributed by atoms with van der Waals surface area (Å²) < 4.78 is 5.64. The van der Waals surface area contributed by atoms with Gasteiger partial charge in [-0.2, -0.15) is 0 Å². The Morgan fingerprint density at radius 2 is 2.00 bits per heavy atom. The summed E-state index contributed by atoms with van der Waals surface area (Å²) in [6, 6.07) is 0. The van der Waals surface area contributed by atoms with Crippen molar-refractivity contribution in [2.24, 2.45) is 0 Å². The van der Waals surface area contributed by atoms with Crippen LogP contribution in [0.4, 0.5) is 0 Å². The van der Waals surface area contributed by atoms with Crippen molar-refractivity contribution >= 4 is 11.6 Å². The van der Waals surface area contributed by atoms with Gasteiger partial charge in [-0.15, -0.1) is 11.6 Å². The molecule has 1 saturated heterocycles. The maximum absolute atomic E-state index is 5.64. The fourth-order valence-electron chi connectivity index (χ4n) is 1.93. The molecule has 2 nitrogen and oxygen atoms in total. The Hall–Kier alpha value is 0.210. The molecular weight excluding hydrogens is 210 g/mol. The number of hydrogen-bond donors (Lipinski definition) is 1. The minimum absolute atomic E-state index is 0.474. The van der Waals surface area contributed by atoms with Gasteiger partial charge in [0, 0.05) is 19.0 Å². The van der Waals surface area contributed by atoms with Crippen LogP contribution in [0, 0.1) is 0 Å². The fraction of sp³-hybridized carbons (Fsp3) is 1.00. The Bertz CT molecular complexity index is 138. The average Bonchev–Trinajstić information content (AvgIpc) is 2.29. The van der Waals surface area contributed by atoms with Gasteiger partial charge in [0.2, 0.25) is 0 Å². The number of ether oxygens (including phenoxy) is 1. The maximum atomic E-state index is 5.64. The Balaban J connectivity index is 1.79. The van der Waals surface area contributed by atoms with E-state index in [2.05, 4.69) is 5.32 Å². The number of halogens is 1. The molecule has 3 heteroatoms. The smallest absolute Gasteiger partial charge is 0.0699 e. The third kappa shape index (κ3) is 7.15. The maximum Gasteiger partial charge on any atom is 0.0699 e. The molecule has 0 aliphatic carbocycles. The molecule has 0 spiro atoms. The van der Waals surface area contributed by atoms with E-state index in [1.165, 1.54) is 38.5 Å². The molecule has 1 atom stereocenters. The van der Waals surface area contributed by atoms with Gasteiger partial charge in [0.15, 0.2) is 0 Å². The van der Waals surface area contributed by atoms with Crippen molar-refractivity contribution in [3.63, 3.8) is 0 Å². The van der Waals surface area contributed by atoms with Crippen LogP contribution in [0.1, 0.15) is 44.9 Å². The van der Waals surface area contributed by atoms with Crippen LogP contribution in [0.3, 0.4) is 0 Å². The standard InChI is InChI=1S/C12H24ClNO/c13-8-4-1-2-5-9-14-11-12-7-3-6-10-15-12/h12,14H,1-11H2. The largest absolute Gasteiger partial charge is 0.377 e. The summed E-state index contributed by atoms with van der Waals surface area (Å²) in [6.45, 7) is 3.12.